The van der Waals surface area contributed by atoms with Crippen LogP contribution in [0, 0.1) is 12.8 Å². The van der Waals surface area contributed by atoms with Crippen LogP contribution < -0.4 is 0 Å². The third kappa shape index (κ3) is 2.32. The Kier molecular flexibility index (Phi) is 3.72. The maximum atomic E-state index is 6.37. The highest BCUT2D eigenvalue weighted by Gasteiger charge is 2.26. The predicted molar refractivity (Wildman–Crippen MR) is 83.2 cm³/mol. The molecular weight excluding hydrogens is 270 g/mol. The van der Waals surface area contributed by atoms with Gasteiger partial charge in [-0.2, -0.15) is 0 Å². The quantitative estimate of drug-likeness (QED) is 0.745. The van der Waals surface area contributed by atoms with Crippen molar-refractivity contribution in [2.24, 2.45) is 5.92 Å². The summed E-state index contributed by atoms with van der Waals surface area (Å²) >= 11 is 6.37. The fraction of sp³-hybridized carbons (Fsp3) is 0.625. The van der Waals surface area contributed by atoms with Crippen LogP contribution in [0.4, 0.5) is 0 Å². The molecule has 0 spiro atoms. The molecule has 1 aliphatic rings. The van der Waals surface area contributed by atoms with E-state index in [1.165, 1.54) is 31.2 Å². The van der Waals surface area contributed by atoms with Crippen LogP contribution in [0.5, 0.6) is 0 Å². The molecule has 0 aliphatic heterocycles. The topological polar surface area (TPSA) is 30.7 Å². The first kappa shape index (κ1) is 13.9. The first-order chi connectivity index (χ1) is 9.58. The summed E-state index contributed by atoms with van der Waals surface area (Å²) in [5, 5.41) is -0.0806. The first-order valence-electron chi connectivity index (χ1n) is 7.55. The van der Waals surface area contributed by atoms with Gasteiger partial charge >= 0.3 is 0 Å². The summed E-state index contributed by atoms with van der Waals surface area (Å²) in [4.78, 5) is 9.36. The number of alkyl halides is 1. The molecule has 3 rings (SSSR count). The normalized spacial score (nSPS) is 25.0. The summed E-state index contributed by atoms with van der Waals surface area (Å²) in [5.74, 6) is 1.82. The van der Waals surface area contributed by atoms with E-state index < -0.39 is 0 Å². The van der Waals surface area contributed by atoms with E-state index in [4.69, 9.17) is 16.6 Å². The van der Waals surface area contributed by atoms with Crippen molar-refractivity contribution in [3.63, 3.8) is 0 Å². The number of hydrogen-bond donors (Lipinski definition) is 0. The Morgan fingerprint density at radius 3 is 2.65 bits per heavy atom. The molecule has 0 amide bonds. The van der Waals surface area contributed by atoms with E-state index >= 15 is 0 Å². The van der Waals surface area contributed by atoms with Crippen LogP contribution in [0.1, 0.15) is 62.3 Å². The van der Waals surface area contributed by atoms with Crippen molar-refractivity contribution in [1.29, 1.82) is 0 Å². The summed E-state index contributed by atoms with van der Waals surface area (Å²) in [5.41, 5.74) is 3.19. The van der Waals surface area contributed by atoms with Gasteiger partial charge in [-0.3, -0.25) is 0 Å². The first-order valence-corrected chi connectivity index (χ1v) is 7.99. The summed E-state index contributed by atoms with van der Waals surface area (Å²) in [6.45, 7) is 6.43. The molecule has 1 fully saturated rings. The van der Waals surface area contributed by atoms with E-state index in [1.807, 2.05) is 19.2 Å². The maximum Gasteiger partial charge on any atom is 0.160 e. The van der Waals surface area contributed by atoms with Gasteiger partial charge in [0, 0.05) is 12.2 Å². The van der Waals surface area contributed by atoms with E-state index in [-0.39, 0.29) is 5.38 Å². The van der Waals surface area contributed by atoms with Crippen molar-refractivity contribution < 1.29 is 0 Å². The minimum atomic E-state index is -0.0806. The van der Waals surface area contributed by atoms with Gasteiger partial charge in [0.25, 0.3) is 0 Å². The van der Waals surface area contributed by atoms with Crippen LogP contribution in [0.2, 0.25) is 0 Å². The van der Waals surface area contributed by atoms with Crippen molar-refractivity contribution in [2.75, 3.05) is 0 Å². The van der Waals surface area contributed by atoms with Gasteiger partial charge in [-0.05, 0) is 57.1 Å². The number of imidazole rings is 1. The molecule has 0 N–H and O–H groups in total. The number of hydrogen-bond acceptors (Lipinski definition) is 2. The molecule has 2 aromatic rings. The van der Waals surface area contributed by atoms with Crippen LogP contribution >= 0.6 is 11.6 Å². The summed E-state index contributed by atoms with van der Waals surface area (Å²) in [6.07, 6.45) is 6.86. The van der Waals surface area contributed by atoms with Gasteiger partial charge in [0.15, 0.2) is 5.65 Å². The Hall–Kier alpha value is -1.09. The third-order valence-corrected chi connectivity index (χ3v) is 4.71. The molecule has 0 aromatic carbocycles. The Morgan fingerprint density at radius 1 is 1.30 bits per heavy atom. The van der Waals surface area contributed by atoms with E-state index in [1.54, 1.807) is 0 Å². The molecule has 2 heterocycles. The van der Waals surface area contributed by atoms with E-state index in [2.05, 4.69) is 23.4 Å². The van der Waals surface area contributed by atoms with Crippen molar-refractivity contribution >= 4 is 22.8 Å². The highest BCUT2D eigenvalue weighted by molar-refractivity contribution is 6.20. The molecule has 3 nitrogen and oxygen atoms in total. The average molecular weight is 292 g/mol. The maximum absolute atomic E-state index is 6.37. The fourth-order valence-electron chi connectivity index (χ4n) is 3.27. The van der Waals surface area contributed by atoms with Crippen LogP contribution in [0.25, 0.3) is 11.2 Å². The van der Waals surface area contributed by atoms with Gasteiger partial charge in [-0.25, -0.2) is 9.97 Å². The minimum absolute atomic E-state index is 0.0806. The zero-order valence-electron chi connectivity index (χ0n) is 12.4. The van der Waals surface area contributed by atoms with Gasteiger partial charge in [0.05, 0.1) is 5.38 Å². The third-order valence-electron chi connectivity index (χ3n) is 4.51. The van der Waals surface area contributed by atoms with Gasteiger partial charge in [0.2, 0.25) is 0 Å². The molecule has 4 heteroatoms. The lowest BCUT2D eigenvalue weighted by Gasteiger charge is -2.29. The SMILES string of the molecule is Cc1ccnc2c1nc(C(C)Cl)n2C1CCC(C)CC1. The second kappa shape index (κ2) is 5.36. The molecule has 2 aromatic heterocycles. The zero-order chi connectivity index (χ0) is 14.3. The molecule has 20 heavy (non-hydrogen) atoms. The Balaban J connectivity index is 2.12. The Bertz CT molecular complexity index is 609. The van der Waals surface area contributed by atoms with Gasteiger partial charge < -0.3 is 4.57 Å². The second-order valence-corrected chi connectivity index (χ2v) is 6.82. The molecule has 1 atom stereocenters. The summed E-state index contributed by atoms with van der Waals surface area (Å²) < 4.78 is 2.31. The standard InChI is InChI=1S/C16H22ClN3/c1-10-4-6-13(7-5-10)20-15(12(3)17)19-14-11(2)8-9-18-16(14)20/h8-10,12-13H,4-7H2,1-3H3. The Labute approximate surface area is 125 Å². The number of pyridine rings is 1. The number of rotatable bonds is 2. The number of halogens is 1. The number of fused-ring (bicyclic) bond motifs is 1. The molecule has 1 unspecified atom stereocenters. The number of aryl methyl sites for hydroxylation is 1. The molecule has 0 radical (unpaired) electrons. The molecule has 0 saturated heterocycles. The Morgan fingerprint density at radius 2 is 2.00 bits per heavy atom. The highest BCUT2D eigenvalue weighted by atomic mass is 35.5. The zero-order valence-corrected chi connectivity index (χ0v) is 13.2. The molecule has 1 saturated carbocycles. The lowest BCUT2D eigenvalue weighted by Crippen LogP contribution is -2.19. The van der Waals surface area contributed by atoms with Crippen LogP contribution in [0.15, 0.2) is 12.3 Å². The minimum Gasteiger partial charge on any atom is -0.308 e. The van der Waals surface area contributed by atoms with Crippen LogP contribution in [0.3, 0.4) is 0 Å². The average Bonchev–Trinajstić information content (AvgIpc) is 2.81. The molecular formula is C16H22ClN3. The van der Waals surface area contributed by atoms with Gasteiger partial charge in [-0.1, -0.05) is 6.92 Å². The predicted octanol–water partition coefficient (Wildman–Crippen LogP) is 4.79. The molecule has 108 valence electrons. The van der Waals surface area contributed by atoms with Crippen molar-refractivity contribution in [3.05, 3.63) is 23.7 Å². The van der Waals surface area contributed by atoms with Crippen molar-refractivity contribution in [1.82, 2.24) is 14.5 Å². The van der Waals surface area contributed by atoms with Crippen LogP contribution in [-0.4, -0.2) is 14.5 Å². The lowest BCUT2D eigenvalue weighted by atomic mass is 9.87. The number of aromatic nitrogens is 3. The van der Waals surface area contributed by atoms with Crippen molar-refractivity contribution in [2.45, 2.75) is 57.9 Å². The van der Waals surface area contributed by atoms with Gasteiger partial charge in [-0.15, -0.1) is 11.6 Å². The summed E-state index contributed by atoms with van der Waals surface area (Å²) in [6, 6.07) is 2.52. The largest absolute Gasteiger partial charge is 0.308 e. The number of nitrogens with zero attached hydrogens (tertiary/aromatic N) is 3. The van der Waals surface area contributed by atoms with Crippen LogP contribution in [-0.2, 0) is 0 Å². The van der Waals surface area contributed by atoms with Gasteiger partial charge in [0.1, 0.15) is 11.3 Å². The van der Waals surface area contributed by atoms with E-state index in [0.29, 0.717) is 6.04 Å². The van der Waals surface area contributed by atoms with Crippen molar-refractivity contribution in [3.8, 4) is 0 Å². The second-order valence-electron chi connectivity index (χ2n) is 6.17. The monoisotopic (exact) mass is 291 g/mol. The van der Waals surface area contributed by atoms with E-state index in [9.17, 15) is 0 Å². The fourth-order valence-corrected chi connectivity index (χ4v) is 3.42. The summed E-state index contributed by atoms with van der Waals surface area (Å²) in [7, 11) is 0. The smallest absolute Gasteiger partial charge is 0.160 e. The lowest BCUT2D eigenvalue weighted by molar-refractivity contribution is 0.288. The molecule has 1 aliphatic carbocycles. The molecule has 0 bridgehead atoms. The van der Waals surface area contributed by atoms with E-state index in [0.717, 1.165) is 22.9 Å². The highest BCUT2D eigenvalue weighted by Crippen LogP contribution is 2.37.